The van der Waals surface area contributed by atoms with Gasteiger partial charge in [0.05, 0.1) is 92.5 Å². The van der Waals surface area contributed by atoms with E-state index in [2.05, 4.69) is 31.2 Å². The van der Waals surface area contributed by atoms with Gasteiger partial charge in [-0.15, -0.1) is 11.6 Å². The summed E-state index contributed by atoms with van der Waals surface area (Å²) in [4.78, 5) is 0. The van der Waals surface area contributed by atoms with Crippen molar-refractivity contribution in [2.75, 3.05) is 105 Å². The number of halogens is 1. The van der Waals surface area contributed by atoms with E-state index in [-0.39, 0.29) is 0 Å². The van der Waals surface area contributed by atoms with Gasteiger partial charge in [0.1, 0.15) is 12.4 Å². The first-order valence-corrected chi connectivity index (χ1v) is 15.2. The highest BCUT2D eigenvalue weighted by Crippen LogP contribution is 2.15. The predicted molar refractivity (Wildman–Crippen MR) is 155 cm³/mol. The van der Waals surface area contributed by atoms with Crippen LogP contribution in [0.25, 0.3) is 0 Å². The van der Waals surface area contributed by atoms with Crippen LogP contribution in [0.5, 0.6) is 5.75 Å². The molecule has 228 valence electrons. The Bertz CT molecular complexity index is 605. The van der Waals surface area contributed by atoms with Gasteiger partial charge in [-0.25, -0.2) is 0 Å². The van der Waals surface area contributed by atoms with Crippen molar-refractivity contribution in [3.8, 4) is 5.75 Å². The molecule has 0 saturated carbocycles. The summed E-state index contributed by atoms with van der Waals surface area (Å²) in [6.45, 7) is 10.3. The quantitative estimate of drug-likeness (QED) is 0.0868. The van der Waals surface area contributed by atoms with Gasteiger partial charge in [0.25, 0.3) is 0 Å². The van der Waals surface area contributed by atoms with Crippen LogP contribution in [0.15, 0.2) is 24.3 Å². The molecule has 9 heteroatoms. The summed E-state index contributed by atoms with van der Waals surface area (Å²) in [5, 5.41) is 0. The van der Waals surface area contributed by atoms with Crippen LogP contribution in [-0.2, 0) is 39.6 Å². The van der Waals surface area contributed by atoms with Crippen LogP contribution in [0.4, 0.5) is 0 Å². The molecule has 0 fully saturated rings. The lowest BCUT2D eigenvalue weighted by atomic mass is 10.0. The Hall–Kier alpha value is -0.970. The van der Waals surface area contributed by atoms with Gasteiger partial charge in [-0.3, -0.25) is 0 Å². The fraction of sp³-hybridized carbons (Fsp3) is 0.800. The van der Waals surface area contributed by atoms with Gasteiger partial charge in [0.2, 0.25) is 0 Å². The van der Waals surface area contributed by atoms with E-state index in [9.17, 15) is 0 Å². The summed E-state index contributed by atoms with van der Waals surface area (Å²) in [6.07, 6.45) is 9.12. The Balaban J connectivity index is 1.75. The number of hydrogen-bond acceptors (Lipinski definition) is 8. The van der Waals surface area contributed by atoms with E-state index < -0.39 is 0 Å². The third kappa shape index (κ3) is 25.7. The highest BCUT2D eigenvalue weighted by atomic mass is 35.5. The Morgan fingerprint density at radius 2 is 0.846 bits per heavy atom. The smallest absolute Gasteiger partial charge is 0.119 e. The Morgan fingerprint density at radius 1 is 0.462 bits per heavy atom. The van der Waals surface area contributed by atoms with E-state index in [1.54, 1.807) is 0 Å². The third-order valence-corrected chi connectivity index (χ3v) is 5.85. The molecule has 0 amide bonds. The summed E-state index contributed by atoms with van der Waals surface area (Å²) in [7, 11) is 0. The molecule has 8 nitrogen and oxygen atoms in total. The number of rotatable bonds is 31. The van der Waals surface area contributed by atoms with E-state index in [1.165, 1.54) is 44.1 Å². The molecule has 0 N–H and O–H groups in total. The number of ether oxygens (including phenoxy) is 8. The summed E-state index contributed by atoms with van der Waals surface area (Å²) in [5.74, 6) is 1.39. The minimum Gasteiger partial charge on any atom is -0.491 e. The van der Waals surface area contributed by atoms with E-state index >= 15 is 0 Å². The maximum absolute atomic E-state index is 5.76. The Labute approximate surface area is 241 Å². The maximum Gasteiger partial charge on any atom is 0.119 e. The van der Waals surface area contributed by atoms with Gasteiger partial charge in [-0.05, 0) is 30.5 Å². The van der Waals surface area contributed by atoms with Crippen LogP contribution in [0.3, 0.4) is 0 Å². The van der Waals surface area contributed by atoms with Crippen LogP contribution >= 0.6 is 11.6 Å². The SMILES string of the molecule is CCCCCCCCc1ccc(OCCOCCOCCOCCOCCOCCOCCOCCCl)cc1. The molecule has 0 heterocycles. The Morgan fingerprint density at radius 3 is 1.28 bits per heavy atom. The first-order chi connectivity index (χ1) is 19.4. The zero-order chi connectivity index (χ0) is 27.9. The molecule has 39 heavy (non-hydrogen) atoms. The van der Waals surface area contributed by atoms with Crippen LogP contribution < -0.4 is 4.74 Å². The molecule has 0 aromatic heterocycles. The molecule has 0 aliphatic heterocycles. The van der Waals surface area contributed by atoms with Crippen molar-refractivity contribution in [1.29, 1.82) is 0 Å². The van der Waals surface area contributed by atoms with Crippen molar-refractivity contribution in [2.45, 2.75) is 51.9 Å². The number of alkyl halides is 1. The van der Waals surface area contributed by atoms with Crippen molar-refractivity contribution < 1.29 is 37.9 Å². The largest absolute Gasteiger partial charge is 0.491 e. The summed E-state index contributed by atoms with van der Waals surface area (Å²) >= 11 is 5.51. The molecule has 0 aliphatic carbocycles. The van der Waals surface area contributed by atoms with E-state index in [4.69, 9.17) is 49.5 Å². The second-order valence-corrected chi connectivity index (χ2v) is 9.36. The molecule has 0 unspecified atom stereocenters. The molecule has 0 atom stereocenters. The lowest BCUT2D eigenvalue weighted by molar-refractivity contribution is -0.0208. The molecule has 1 aromatic rings. The first-order valence-electron chi connectivity index (χ1n) is 14.7. The maximum atomic E-state index is 5.76. The van der Waals surface area contributed by atoms with E-state index in [1.807, 2.05) is 0 Å². The highest BCUT2D eigenvalue weighted by Gasteiger charge is 1.98. The normalized spacial score (nSPS) is 11.3. The fourth-order valence-corrected chi connectivity index (χ4v) is 3.67. The lowest BCUT2D eigenvalue weighted by Crippen LogP contribution is -2.15. The zero-order valence-electron chi connectivity index (χ0n) is 24.2. The second kappa shape index (κ2) is 30.0. The number of benzene rings is 1. The van der Waals surface area contributed by atoms with E-state index in [0.717, 1.165) is 12.2 Å². The van der Waals surface area contributed by atoms with Crippen molar-refractivity contribution in [1.82, 2.24) is 0 Å². The number of hydrogen-bond donors (Lipinski definition) is 0. The average molecular weight is 577 g/mol. The molecular weight excluding hydrogens is 524 g/mol. The van der Waals surface area contributed by atoms with Gasteiger partial charge >= 0.3 is 0 Å². The van der Waals surface area contributed by atoms with Gasteiger partial charge < -0.3 is 37.9 Å². The van der Waals surface area contributed by atoms with Crippen LogP contribution in [0.2, 0.25) is 0 Å². The molecular formula is C30H53ClO8. The second-order valence-electron chi connectivity index (χ2n) is 8.99. The number of unbranched alkanes of at least 4 members (excludes halogenated alkanes) is 5. The van der Waals surface area contributed by atoms with Crippen molar-refractivity contribution >= 4 is 11.6 Å². The number of aryl methyl sites for hydroxylation is 1. The molecule has 0 spiro atoms. The highest BCUT2D eigenvalue weighted by molar-refractivity contribution is 6.17. The van der Waals surface area contributed by atoms with Crippen LogP contribution in [-0.4, -0.2) is 105 Å². The summed E-state index contributed by atoms with van der Waals surface area (Å²) in [5.41, 5.74) is 1.38. The Kier molecular flexibility index (Phi) is 27.7. The van der Waals surface area contributed by atoms with Gasteiger partial charge in [-0.2, -0.15) is 0 Å². The minimum absolute atomic E-state index is 0.504. The lowest BCUT2D eigenvalue weighted by Gasteiger charge is -2.09. The van der Waals surface area contributed by atoms with Crippen molar-refractivity contribution in [2.24, 2.45) is 0 Å². The van der Waals surface area contributed by atoms with Crippen LogP contribution in [0, 0.1) is 0 Å². The topological polar surface area (TPSA) is 73.8 Å². The van der Waals surface area contributed by atoms with Crippen LogP contribution in [0.1, 0.15) is 51.0 Å². The van der Waals surface area contributed by atoms with Gasteiger partial charge in [-0.1, -0.05) is 51.2 Å². The average Bonchev–Trinajstić information content (AvgIpc) is 2.96. The van der Waals surface area contributed by atoms with Gasteiger partial charge in [0.15, 0.2) is 0 Å². The predicted octanol–water partition coefficient (Wildman–Crippen LogP) is 5.32. The standard InChI is InChI=1S/C30H53ClO8/c1-2-3-4-5-6-7-8-29-9-11-30(12-10-29)39-28-27-38-26-25-37-24-23-36-22-21-35-20-19-34-18-17-33-16-15-32-14-13-31/h9-12H,2-8,13-28H2,1H3. The van der Waals surface area contributed by atoms with Gasteiger partial charge in [0, 0.05) is 5.88 Å². The molecule has 0 radical (unpaired) electrons. The van der Waals surface area contributed by atoms with Crippen molar-refractivity contribution in [3.05, 3.63) is 29.8 Å². The molecule has 1 aromatic carbocycles. The molecule has 1 rings (SSSR count). The third-order valence-electron chi connectivity index (χ3n) is 5.69. The molecule has 0 saturated heterocycles. The molecule has 0 bridgehead atoms. The van der Waals surface area contributed by atoms with E-state index in [0.29, 0.717) is 105 Å². The minimum atomic E-state index is 0.504. The first kappa shape index (κ1) is 36.1. The molecule has 0 aliphatic rings. The monoisotopic (exact) mass is 576 g/mol. The summed E-state index contributed by atoms with van der Waals surface area (Å²) in [6, 6.07) is 8.44. The fourth-order valence-electron chi connectivity index (χ4n) is 3.56. The summed E-state index contributed by atoms with van der Waals surface area (Å²) < 4.78 is 43.8. The van der Waals surface area contributed by atoms with Crippen molar-refractivity contribution in [3.63, 3.8) is 0 Å². The zero-order valence-corrected chi connectivity index (χ0v) is 25.0.